The first-order valence-corrected chi connectivity index (χ1v) is 14.0. The number of carbonyl (C=O) groups excluding carboxylic acids is 2. The van der Waals surface area contributed by atoms with E-state index in [-0.39, 0.29) is 30.2 Å². The summed E-state index contributed by atoms with van der Waals surface area (Å²) in [6, 6.07) is 7.60. The molecule has 0 aliphatic carbocycles. The number of aryl methyl sites for hydroxylation is 2. The van der Waals surface area contributed by atoms with Gasteiger partial charge in [-0.25, -0.2) is 14.3 Å². The monoisotopic (exact) mass is 551 g/mol. The fourth-order valence-corrected chi connectivity index (χ4v) is 6.31. The van der Waals surface area contributed by atoms with Gasteiger partial charge in [0.05, 0.1) is 40.8 Å². The number of benzene rings is 1. The largest absolute Gasteiger partial charge is 0.489 e. The van der Waals surface area contributed by atoms with Crippen LogP contribution in [0.4, 0.5) is 4.79 Å². The first-order chi connectivity index (χ1) is 18.5. The lowest BCUT2D eigenvalue weighted by Crippen LogP contribution is -2.50. The minimum Gasteiger partial charge on any atom is -0.489 e. The van der Waals surface area contributed by atoms with Gasteiger partial charge in [-0.1, -0.05) is 23.7 Å². The second-order valence-corrected chi connectivity index (χ2v) is 12.3. The molecule has 6 rings (SSSR count). The average molecular weight is 552 g/mol. The van der Waals surface area contributed by atoms with E-state index >= 15 is 0 Å². The molecule has 0 radical (unpaired) electrons. The van der Waals surface area contributed by atoms with Crippen molar-refractivity contribution in [2.45, 2.75) is 97.2 Å². The van der Waals surface area contributed by atoms with Crippen LogP contribution in [0.25, 0.3) is 5.65 Å². The summed E-state index contributed by atoms with van der Waals surface area (Å²) in [5.41, 5.74) is 4.14. The van der Waals surface area contributed by atoms with Crippen molar-refractivity contribution in [1.82, 2.24) is 24.4 Å². The topological polar surface area (TPSA) is 89.3 Å². The Bertz CT molecular complexity index is 1460. The van der Waals surface area contributed by atoms with Gasteiger partial charge in [0.25, 0.3) is 5.91 Å². The molecule has 10 heteroatoms. The van der Waals surface area contributed by atoms with Gasteiger partial charge in [0.15, 0.2) is 5.65 Å². The van der Waals surface area contributed by atoms with E-state index in [1.807, 2.05) is 63.8 Å². The molecule has 0 N–H and O–H groups in total. The zero-order chi connectivity index (χ0) is 27.6. The van der Waals surface area contributed by atoms with Crippen molar-refractivity contribution in [2.75, 3.05) is 0 Å². The molecule has 9 nitrogen and oxygen atoms in total. The Hall–Kier alpha value is -3.33. The first-order valence-electron chi connectivity index (χ1n) is 13.6. The number of hydrogen-bond donors (Lipinski definition) is 0. The highest BCUT2D eigenvalue weighted by Gasteiger charge is 2.46. The molecule has 206 valence electrons. The Morgan fingerprint density at radius 3 is 2.44 bits per heavy atom. The number of ether oxygens (including phenoxy) is 2. The van der Waals surface area contributed by atoms with Crippen LogP contribution >= 0.6 is 11.6 Å². The summed E-state index contributed by atoms with van der Waals surface area (Å²) in [6.07, 6.45) is 3.00. The molecule has 2 aromatic heterocycles. The lowest BCUT2D eigenvalue weighted by molar-refractivity contribution is -0.00715. The van der Waals surface area contributed by atoms with Crippen molar-refractivity contribution in [3.05, 3.63) is 57.5 Å². The Morgan fingerprint density at radius 2 is 1.74 bits per heavy atom. The molecule has 39 heavy (non-hydrogen) atoms. The molecule has 3 aliphatic heterocycles. The van der Waals surface area contributed by atoms with Gasteiger partial charge >= 0.3 is 6.09 Å². The molecule has 0 spiro atoms. The summed E-state index contributed by atoms with van der Waals surface area (Å²) in [5.74, 6) is 0.478. The maximum Gasteiger partial charge on any atom is 0.410 e. The third-order valence-corrected chi connectivity index (χ3v) is 8.50. The average Bonchev–Trinajstić information content (AvgIpc) is 3.52. The Kier molecular flexibility index (Phi) is 6.25. The fourth-order valence-electron chi connectivity index (χ4n) is 6.19. The smallest absolute Gasteiger partial charge is 0.410 e. The van der Waals surface area contributed by atoms with E-state index in [1.54, 1.807) is 9.42 Å². The molecule has 0 saturated carbocycles. The van der Waals surface area contributed by atoms with Gasteiger partial charge in [-0.3, -0.25) is 4.79 Å². The second-order valence-electron chi connectivity index (χ2n) is 11.9. The van der Waals surface area contributed by atoms with E-state index in [2.05, 4.69) is 4.98 Å². The van der Waals surface area contributed by atoms with E-state index in [9.17, 15) is 9.59 Å². The molecule has 2 amide bonds. The SMILES string of the molecule is Cc1nc2c3c(nn2c(C)c1Cl)CN(C(=O)c1ccccc1O[C@@H]1C[C@H]2CC[C@@H](C1)N2C(=O)OC(C)(C)C)C3. The van der Waals surface area contributed by atoms with Crippen LogP contribution in [-0.4, -0.2) is 60.2 Å². The van der Waals surface area contributed by atoms with Gasteiger partial charge in [-0.15, -0.1) is 0 Å². The Balaban J connectivity index is 1.17. The molecule has 2 saturated heterocycles. The van der Waals surface area contributed by atoms with Gasteiger partial charge in [-0.2, -0.15) is 5.10 Å². The summed E-state index contributed by atoms with van der Waals surface area (Å²) in [5, 5.41) is 5.31. The minimum absolute atomic E-state index is 0.0741. The highest BCUT2D eigenvalue weighted by atomic mass is 35.5. The van der Waals surface area contributed by atoms with Crippen LogP contribution in [-0.2, 0) is 17.8 Å². The van der Waals surface area contributed by atoms with E-state index in [0.29, 0.717) is 29.4 Å². The lowest BCUT2D eigenvalue weighted by atomic mass is 10.00. The Morgan fingerprint density at radius 1 is 1.05 bits per heavy atom. The van der Waals surface area contributed by atoms with Crippen LogP contribution in [0.3, 0.4) is 0 Å². The van der Waals surface area contributed by atoms with Crippen LogP contribution in [0.15, 0.2) is 24.3 Å². The maximum atomic E-state index is 13.7. The predicted molar refractivity (Wildman–Crippen MR) is 146 cm³/mol. The summed E-state index contributed by atoms with van der Waals surface area (Å²) in [7, 11) is 0. The molecular weight excluding hydrogens is 518 g/mol. The number of amides is 2. The predicted octanol–water partition coefficient (Wildman–Crippen LogP) is 5.46. The van der Waals surface area contributed by atoms with Crippen LogP contribution in [0, 0.1) is 13.8 Å². The van der Waals surface area contributed by atoms with Crippen LogP contribution in [0.1, 0.15) is 79.5 Å². The summed E-state index contributed by atoms with van der Waals surface area (Å²) in [4.78, 5) is 34.9. The molecule has 0 unspecified atom stereocenters. The fraction of sp³-hybridized carbons (Fsp3) is 0.517. The molecule has 2 fully saturated rings. The zero-order valence-corrected chi connectivity index (χ0v) is 23.8. The lowest BCUT2D eigenvalue weighted by Gasteiger charge is -2.39. The minimum atomic E-state index is -0.525. The van der Waals surface area contributed by atoms with Crippen molar-refractivity contribution in [2.24, 2.45) is 0 Å². The number of halogens is 1. The number of fused-ring (bicyclic) bond motifs is 5. The number of para-hydroxylation sites is 1. The number of carbonyl (C=O) groups is 2. The third kappa shape index (κ3) is 4.60. The van der Waals surface area contributed by atoms with Crippen LogP contribution < -0.4 is 4.74 Å². The molecule has 3 aromatic rings. The Labute approximate surface area is 233 Å². The number of nitrogens with zero attached hydrogens (tertiary/aromatic N) is 5. The molecule has 1 aromatic carbocycles. The zero-order valence-electron chi connectivity index (χ0n) is 23.0. The first kappa shape index (κ1) is 25.9. The highest BCUT2D eigenvalue weighted by Crippen LogP contribution is 2.39. The van der Waals surface area contributed by atoms with Crippen molar-refractivity contribution in [1.29, 1.82) is 0 Å². The number of aromatic nitrogens is 3. The van der Waals surface area contributed by atoms with Gasteiger partial charge < -0.3 is 19.3 Å². The van der Waals surface area contributed by atoms with Crippen molar-refractivity contribution < 1.29 is 19.1 Å². The molecule has 5 heterocycles. The molecular formula is C29H34ClN5O4. The van der Waals surface area contributed by atoms with Gasteiger partial charge in [-0.05, 0) is 59.6 Å². The standard InChI is InChI=1S/C29H34ClN5O4/c1-16-25(30)17(2)35-26(31-16)22-14-33(15-23(22)32-35)27(36)21-8-6-7-9-24(21)38-20-12-18-10-11-19(13-20)34(18)28(37)39-29(3,4)5/h6-9,18-20H,10-15H2,1-5H3/t18-,19+,20-. The van der Waals surface area contributed by atoms with Crippen LogP contribution in [0.5, 0.6) is 5.75 Å². The number of hydrogen-bond acceptors (Lipinski definition) is 6. The van der Waals surface area contributed by atoms with Crippen molar-refractivity contribution in [3.63, 3.8) is 0 Å². The second kappa shape index (κ2) is 9.40. The third-order valence-electron chi connectivity index (χ3n) is 7.95. The van der Waals surface area contributed by atoms with Crippen molar-refractivity contribution >= 4 is 29.2 Å². The highest BCUT2D eigenvalue weighted by molar-refractivity contribution is 6.31. The summed E-state index contributed by atoms with van der Waals surface area (Å²) < 4.78 is 13.9. The van der Waals surface area contributed by atoms with E-state index in [1.165, 1.54) is 0 Å². The van der Waals surface area contributed by atoms with Gasteiger partial charge in [0, 0.05) is 30.5 Å². The van der Waals surface area contributed by atoms with Gasteiger partial charge in [0.2, 0.25) is 0 Å². The summed E-state index contributed by atoms with van der Waals surface area (Å²) in [6.45, 7) is 10.3. The van der Waals surface area contributed by atoms with E-state index in [0.717, 1.165) is 54.0 Å². The molecule has 2 bridgehead atoms. The number of piperidine rings is 1. The normalized spacial score (nSPS) is 22.4. The van der Waals surface area contributed by atoms with E-state index in [4.69, 9.17) is 26.2 Å². The quantitative estimate of drug-likeness (QED) is 0.429. The van der Waals surface area contributed by atoms with Crippen LogP contribution in [0.2, 0.25) is 5.02 Å². The maximum absolute atomic E-state index is 13.7. The van der Waals surface area contributed by atoms with Gasteiger partial charge in [0.1, 0.15) is 17.5 Å². The summed E-state index contributed by atoms with van der Waals surface area (Å²) >= 11 is 6.38. The molecule has 3 aliphatic rings. The van der Waals surface area contributed by atoms with E-state index < -0.39 is 5.60 Å². The number of rotatable bonds is 3. The van der Waals surface area contributed by atoms with Crippen molar-refractivity contribution in [3.8, 4) is 5.75 Å². The molecule has 3 atom stereocenters.